The maximum atomic E-state index is 2.65. The summed E-state index contributed by atoms with van der Waals surface area (Å²) < 4.78 is 2.65. The van der Waals surface area contributed by atoms with Crippen molar-refractivity contribution in [1.29, 1.82) is 0 Å². The van der Waals surface area contributed by atoms with Crippen molar-refractivity contribution in [3.05, 3.63) is 259 Å². The summed E-state index contributed by atoms with van der Waals surface area (Å²) in [6, 6.07) is 89.8. The lowest BCUT2D eigenvalue weighted by Gasteiger charge is -2.37. The van der Waals surface area contributed by atoms with Gasteiger partial charge in [0.05, 0.1) is 16.7 Å². The third kappa shape index (κ3) is 5.25. The highest BCUT2D eigenvalue weighted by molar-refractivity contribution is 6.11. The van der Waals surface area contributed by atoms with Gasteiger partial charge >= 0.3 is 0 Å². The molecule has 1 aliphatic carbocycles. The molecule has 0 N–H and O–H groups in total. The van der Waals surface area contributed by atoms with Gasteiger partial charge in [-0.05, 0) is 114 Å². The van der Waals surface area contributed by atoms with Crippen molar-refractivity contribution in [2.24, 2.45) is 0 Å². The van der Waals surface area contributed by atoms with Gasteiger partial charge in [-0.1, -0.05) is 194 Å². The van der Waals surface area contributed by atoms with Crippen LogP contribution in [0.25, 0.3) is 76.4 Å². The van der Waals surface area contributed by atoms with Crippen molar-refractivity contribution in [3.8, 4) is 22.3 Å². The lowest BCUT2D eigenvalue weighted by molar-refractivity contribution is 0.564. The monoisotopic (exact) mass is 800 g/mol. The van der Waals surface area contributed by atoms with Gasteiger partial charge in [0, 0.05) is 27.5 Å². The number of nitrogens with zero attached hydrogens (tertiary/aromatic N) is 2. The third-order valence-electron chi connectivity index (χ3n) is 13.6. The number of para-hydroxylation sites is 1. The molecule has 0 saturated heterocycles. The van der Waals surface area contributed by atoms with E-state index >= 15 is 0 Å². The van der Waals surface area contributed by atoms with E-state index in [1.54, 1.807) is 0 Å². The number of benzene rings is 11. The highest BCUT2D eigenvalue weighted by atomic mass is 15.1. The first kappa shape index (κ1) is 35.5. The van der Waals surface area contributed by atoms with Crippen molar-refractivity contribution in [2.45, 2.75) is 5.54 Å². The first-order chi connectivity index (χ1) is 31.3. The number of anilines is 3. The molecule has 2 heteroatoms. The van der Waals surface area contributed by atoms with Gasteiger partial charge in [-0.2, -0.15) is 0 Å². The fourth-order valence-electron chi connectivity index (χ4n) is 10.9. The summed E-state index contributed by atoms with van der Waals surface area (Å²) in [6.45, 7) is 0. The molecule has 0 spiro atoms. The molecule has 294 valence electrons. The van der Waals surface area contributed by atoms with Gasteiger partial charge in [0.2, 0.25) is 0 Å². The Labute approximate surface area is 366 Å². The Bertz CT molecular complexity index is 3700. The minimum Gasteiger partial charge on any atom is -0.322 e. The van der Waals surface area contributed by atoms with Crippen LogP contribution in [0.3, 0.4) is 0 Å². The molecule has 11 aromatic carbocycles. The van der Waals surface area contributed by atoms with E-state index in [0.717, 1.165) is 17.1 Å². The molecule has 1 aliphatic rings. The summed E-state index contributed by atoms with van der Waals surface area (Å²) in [5.74, 6) is 0. The SMILES string of the molecule is c1ccc2c(c1)-c1ccccc1C2(c1ccc2ccccc2c1)n1c2ccccc2c2cc(N(c3ccc(-c4cccc5ccccc45)cc3)c3cccc4ccccc34)ccc21. The Kier molecular flexibility index (Phi) is 7.85. The Morgan fingerprint density at radius 3 is 1.62 bits per heavy atom. The molecule has 63 heavy (non-hydrogen) atoms. The van der Waals surface area contributed by atoms with Gasteiger partial charge in [0.15, 0.2) is 0 Å². The average Bonchev–Trinajstić information content (AvgIpc) is 3.84. The maximum absolute atomic E-state index is 2.65. The zero-order chi connectivity index (χ0) is 41.5. The minimum atomic E-state index is -0.646. The lowest BCUT2D eigenvalue weighted by atomic mass is 9.79. The van der Waals surface area contributed by atoms with E-state index in [-0.39, 0.29) is 0 Å². The van der Waals surface area contributed by atoms with E-state index in [2.05, 4.69) is 252 Å². The Balaban J connectivity index is 1.07. The van der Waals surface area contributed by atoms with Crippen LogP contribution in [0, 0.1) is 0 Å². The molecule has 1 aromatic heterocycles. The van der Waals surface area contributed by atoms with Crippen molar-refractivity contribution in [1.82, 2.24) is 4.57 Å². The summed E-state index contributed by atoms with van der Waals surface area (Å²) in [5, 5.41) is 9.82. The molecule has 0 saturated carbocycles. The molecule has 0 atom stereocenters. The Hall–Kier alpha value is -8.20. The van der Waals surface area contributed by atoms with Crippen LogP contribution in [-0.4, -0.2) is 4.57 Å². The number of aromatic nitrogens is 1. The predicted molar refractivity (Wildman–Crippen MR) is 266 cm³/mol. The number of hydrogen-bond acceptors (Lipinski definition) is 1. The predicted octanol–water partition coefficient (Wildman–Crippen LogP) is 16.2. The maximum Gasteiger partial charge on any atom is 0.122 e. The molecule has 0 amide bonds. The molecule has 0 bridgehead atoms. The van der Waals surface area contributed by atoms with Gasteiger partial charge < -0.3 is 9.47 Å². The van der Waals surface area contributed by atoms with E-state index in [1.807, 2.05) is 0 Å². The minimum absolute atomic E-state index is 0.646. The van der Waals surface area contributed by atoms with Crippen LogP contribution in [-0.2, 0) is 5.54 Å². The van der Waals surface area contributed by atoms with Crippen LogP contribution in [0.15, 0.2) is 243 Å². The quantitative estimate of drug-likeness (QED) is 0.163. The summed E-state index contributed by atoms with van der Waals surface area (Å²) >= 11 is 0. The zero-order valence-corrected chi connectivity index (χ0v) is 34.5. The van der Waals surface area contributed by atoms with Crippen molar-refractivity contribution in [2.75, 3.05) is 4.90 Å². The second-order valence-corrected chi connectivity index (χ2v) is 16.8. The molecule has 0 unspecified atom stereocenters. The first-order valence-electron chi connectivity index (χ1n) is 21.8. The molecular weight excluding hydrogens is 761 g/mol. The van der Waals surface area contributed by atoms with Crippen LogP contribution in [0.5, 0.6) is 0 Å². The smallest absolute Gasteiger partial charge is 0.122 e. The molecule has 13 rings (SSSR count). The third-order valence-corrected chi connectivity index (χ3v) is 13.6. The van der Waals surface area contributed by atoms with Gasteiger partial charge in [-0.3, -0.25) is 0 Å². The fourth-order valence-corrected chi connectivity index (χ4v) is 10.9. The van der Waals surface area contributed by atoms with Crippen LogP contribution in [0.4, 0.5) is 17.1 Å². The fraction of sp³-hybridized carbons (Fsp3) is 0.0164. The molecule has 0 radical (unpaired) electrons. The summed E-state index contributed by atoms with van der Waals surface area (Å²) in [7, 11) is 0. The van der Waals surface area contributed by atoms with Crippen molar-refractivity contribution >= 4 is 71.2 Å². The molecule has 0 aliphatic heterocycles. The van der Waals surface area contributed by atoms with Gasteiger partial charge in [0.1, 0.15) is 5.54 Å². The summed E-state index contributed by atoms with van der Waals surface area (Å²) in [4.78, 5) is 2.44. The molecule has 12 aromatic rings. The lowest BCUT2D eigenvalue weighted by Crippen LogP contribution is -2.35. The highest BCUT2D eigenvalue weighted by Gasteiger charge is 2.47. The molecule has 0 fully saturated rings. The largest absolute Gasteiger partial charge is 0.322 e. The van der Waals surface area contributed by atoms with Gasteiger partial charge in [0.25, 0.3) is 0 Å². The van der Waals surface area contributed by atoms with E-state index in [4.69, 9.17) is 0 Å². The Morgan fingerprint density at radius 2 is 0.857 bits per heavy atom. The topological polar surface area (TPSA) is 8.17 Å². The van der Waals surface area contributed by atoms with Gasteiger partial charge in [-0.25, -0.2) is 0 Å². The average molecular weight is 801 g/mol. The number of fused-ring (bicyclic) bond motifs is 9. The number of hydrogen-bond donors (Lipinski definition) is 0. The van der Waals surface area contributed by atoms with Crippen molar-refractivity contribution < 1.29 is 0 Å². The van der Waals surface area contributed by atoms with E-state index in [1.165, 1.54) is 93.1 Å². The van der Waals surface area contributed by atoms with Crippen LogP contribution in [0.1, 0.15) is 16.7 Å². The second kappa shape index (κ2) is 13.9. The number of rotatable bonds is 6. The standard InChI is InChI=1S/C61H40N2/c1-2-18-45-39-46(34-31-41(45)15-1)61(56-27-10-7-23-52(56)53-24-8-11-28-57(53)61)63-59-29-12-9-25-54(59)55-40-48(37-38-60(55)63)62(58-30-14-20-43-17-4-6-22-51(43)58)47-35-32-44(33-36-47)50-26-13-19-42-16-3-5-21-49(42)50/h1-40H. The van der Waals surface area contributed by atoms with Crippen LogP contribution >= 0.6 is 0 Å². The van der Waals surface area contributed by atoms with E-state index < -0.39 is 5.54 Å². The van der Waals surface area contributed by atoms with Crippen LogP contribution < -0.4 is 4.90 Å². The summed E-state index contributed by atoms with van der Waals surface area (Å²) in [5.41, 5.74) is 13.9. The molecular formula is C61H40N2. The highest BCUT2D eigenvalue weighted by Crippen LogP contribution is 2.56. The van der Waals surface area contributed by atoms with Crippen LogP contribution in [0.2, 0.25) is 0 Å². The normalized spacial score (nSPS) is 12.9. The zero-order valence-electron chi connectivity index (χ0n) is 34.5. The van der Waals surface area contributed by atoms with Crippen molar-refractivity contribution in [3.63, 3.8) is 0 Å². The molecule has 1 heterocycles. The van der Waals surface area contributed by atoms with E-state index in [9.17, 15) is 0 Å². The van der Waals surface area contributed by atoms with Gasteiger partial charge in [-0.15, -0.1) is 0 Å². The summed E-state index contributed by atoms with van der Waals surface area (Å²) in [6.07, 6.45) is 0. The van der Waals surface area contributed by atoms with E-state index in [0.29, 0.717) is 0 Å². The second-order valence-electron chi connectivity index (χ2n) is 16.8. The molecule has 2 nitrogen and oxygen atoms in total. The Morgan fingerprint density at radius 1 is 0.317 bits per heavy atom. The first-order valence-corrected chi connectivity index (χ1v) is 21.8.